The first-order valence-corrected chi connectivity index (χ1v) is 7.01. The van der Waals surface area contributed by atoms with Gasteiger partial charge in [0.05, 0.1) is 21.3 Å². The molecule has 6 nitrogen and oxygen atoms in total. The highest BCUT2D eigenvalue weighted by molar-refractivity contribution is 6.00. The Morgan fingerprint density at radius 2 is 1.71 bits per heavy atom. The molecular weight excluding hydrogens is 272 g/mol. The van der Waals surface area contributed by atoms with E-state index in [-0.39, 0.29) is 5.91 Å². The van der Waals surface area contributed by atoms with Crippen LogP contribution in [0.25, 0.3) is 0 Å². The molecule has 0 atom stereocenters. The maximum atomic E-state index is 12.8. The van der Waals surface area contributed by atoms with Gasteiger partial charge in [-0.15, -0.1) is 0 Å². The van der Waals surface area contributed by atoms with E-state index in [2.05, 4.69) is 5.32 Å². The van der Waals surface area contributed by atoms with E-state index in [4.69, 9.17) is 14.2 Å². The van der Waals surface area contributed by atoms with Crippen molar-refractivity contribution in [2.24, 2.45) is 0 Å². The minimum Gasteiger partial charge on any atom is -0.496 e. The molecule has 1 aliphatic rings. The van der Waals surface area contributed by atoms with Crippen molar-refractivity contribution in [3.63, 3.8) is 0 Å². The number of benzene rings is 1. The van der Waals surface area contributed by atoms with Crippen LogP contribution in [0.15, 0.2) is 12.1 Å². The topological polar surface area (TPSA) is 60.0 Å². The van der Waals surface area contributed by atoms with Crippen LogP contribution >= 0.6 is 0 Å². The first kappa shape index (κ1) is 15.4. The molecule has 0 spiro atoms. The number of rotatable bonds is 4. The number of hydrogen-bond acceptors (Lipinski definition) is 5. The molecule has 1 amide bonds. The summed E-state index contributed by atoms with van der Waals surface area (Å²) in [5, 5.41) is 3.28. The van der Waals surface area contributed by atoms with Crippen LogP contribution in [0.5, 0.6) is 17.2 Å². The monoisotopic (exact) mass is 294 g/mol. The summed E-state index contributed by atoms with van der Waals surface area (Å²) in [4.78, 5) is 14.6. The second-order valence-electron chi connectivity index (χ2n) is 4.80. The van der Waals surface area contributed by atoms with Crippen LogP contribution in [0.1, 0.15) is 16.8 Å². The number of ether oxygens (including phenoxy) is 3. The molecule has 0 saturated carbocycles. The Kier molecular flexibility index (Phi) is 5.27. The summed E-state index contributed by atoms with van der Waals surface area (Å²) in [6.07, 6.45) is 0.937. The Morgan fingerprint density at radius 1 is 1.05 bits per heavy atom. The Balaban J connectivity index is 2.38. The van der Waals surface area contributed by atoms with Crippen molar-refractivity contribution >= 4 is 5.91 Å². The molecule has 1 heterocycles. The molecule has 6 heteroatoms. The van der Waals surface area contributed by atoms with E-state index in [1.807, 2.05) is 4.90 Å². The molecule has 0 aliphatic carbocycles. The van der Waals surface area contributed by atoms with Gasteiger partial charge in [-0.05, 0) is 13.0 Å². The summed E-state index contributed by atoms with van der Waals surface area (Å²) in [6, 6.07) is 3.40. The third-order valence-corrected chi connectivity index (χ3v) is 3.56. The van der Waals surface area contributed by atoms with Gasteiger partial charge in [0, 0.05) is 31.8 Å². The van der Waals surface area contributed by atoms with E-state index in [1.165, 1.54) is 14.2 Å². The molecule has 0 bridgehead atoms. The summed E-state index contributed by atoms with van der Waals surface area (Å²) in [5.41, 5.74) is 0.447. The van der Waals surface area contributed by atoms with Gasteiger partial charge in [0.25, 0.3) is 5.91 Å². The third-order valence-electron chi connectivity index (χ3n) is 3.56. The Morgan fingerprint density at radius 3 is 2.29 bits per heavy atom. The van der Waals surface area contributed by atoms with Crippen molar-refractivity contribution in [1.29, 1.82) is 0 Å². The smallest absolute Gasteiger partial charge is 0.261 e. The molecule has 1 saturated heterocycles. The lowest BCUT2D eigenvalue weighted by molar-refractivity contribution is 0.0759. The van der Waals surface area contributed by atoms with Crippen molar-refractivity contribution in [2.45, 2.75) is 6.42 Å². The van der Waals surface area contributed by atoms with Gasteiger partial charge in [0.15, 0.2) is 0 Å². The molecule has 1 aromatic rings. The Bertz CT molecular complexity index is 471. The van der Waals surface area contributed by atoms with Crippen molar-refractivity contribution in [3.05, 3.63) is 17.7 Å². The first-order chi connectivity index (χ1) is 10.2. The predicted molar refractivity (Wildman–Crippen MR) is 79.5 cm³/mol. The van der Waals surface area contributed by atoms with E-state index < -0.39 is 0 Å². The Hall–Kier alpha value is -1.95. The van der Waals surface area contributed by atoms with Crippen LogP contribution in [0.3, 0.4) is 0 Å². The molecule has 0 unspecified atom stereocenters. The lowest BCUT2D eigenvalue weighted by Crippen LogP contribution is -2.34. The quantitative estimate of drug-likeness (QED) is 0.902. The van der Waals surface area contributed by atoms with Crippen molar-refractivity contribution < 1.29 is 19.0 Å². The van der Waals surface area contributed by atoms with Crippen LogP contribution in [0.2, 0.25) is 0 Å². The van der Waals surface area contributed by atoms with Crippen molar-refractivity contribution in [3.8, 4) is 17.2 Å². The lowest BCUT2D eigenvalue weighted by Gasteiger charge is -2.23. The van der Waals surface area contributed by atoms with Gasteiger partial charge in [0.1, 0.15) is 22.8 Å². The lowest BCUT2D eigenvalue weighted by atomic mass is 10.1. The number of nitrogens with zero attached hydrogens (tertiary/aromatic N) is 1. The van der Waals surface area contributed by atoms with Gasteiger partial charge in [-0.3, -0.25) is 4.79 Å². The second-order valence-corrected chi connectivity index (χ2v) is 4.80. The summed E-state index contributed by atoms with van der Waals surface area (Å²) in [6.45, 7) is 3.13. The largest absolute Gasteiger partial charge is 0.496 e. The fourth-order valence-electron chi connectivity index (χ4n) is 2.42. The standard InChI is InChI=1S/C15H22N2O4/c1-19-11-9-12(20-2)14(13(10-11)21-3)15(18)17-7-4-5-16-6-8-17/h9-10,16H,4-8H2,1-3H3. The van der Waals surface area contributed by atoms with E-state index in [9.17, 15) is 4.79 Å². The third kappa shape index (κ3) is 3.39. The van der Waals surface area contributed by atoms with E-state index in [0.717, 1.165) is 26.1 Å². The van der Waals surface area contributed by atoms with Gasteiger partial charge >= 0.3 is 0 Å². The summed E-state index contributed by atoms with van der Waals surface area (Å²) >= 11 is 0. The van der Waals surface area contributed by atoms with Gasteiger partial charge in [-0.25, -0.2) is 0 Å². The average molecular weight is 294 g/mol. The molecule has 1 N–H and O–H groups in total. The SMILES string of the molecule is COc1cc(OC)c(C(=O)N2CCCNCC2)c(OC)c1. The zero-order valence-corrected chi connectivity index (χ0v) is 12.8. The maximum Gasteiger partial charge on any atom is 0.261 e. The molecule has 1 fully saturated rings. The highest BCUT2D eigenvalue weighted by atomic mass is 16.5. The minimum atomic E-state index is -0.0740. The van der Waals surface area contributed by atoms with Crippen LogP contribution in [-0.2, 0) is 0 Å². The average Bonchev–Trinajstić information content (AvgIpc) is 2.81. The fraction of sp³-hybridized carbons (Fsp3) is 0.533. The Labute approximate surface area is 125 Å². The van der Waals surface area contributed by atoms with Crippen molar-refractivity contribution in [2.75, 3.05) is 47.5 Å². The summed E-state index contributed by atoms with van der Waals surface area (Å²) in [7, 11) is 4.64. The zero-order valence-electron chi connectivity index (χ0n) is 12.8. The summed E-state index contributed by atoms with van der Waals surface area (Å²) < 4.78 is 15.9. The molecule has 0 aromatic heterocycles. The minimum absolute atomic E-state index is 0.0740. The molecule has 2 rings (SSSR count). The number of hydrogen-bond donors (Lipinski definition) is 1. The zero-order chi connectivity index (χ0) is 15.2. The molecule has 21 heavy (non-hydrogen) atoms. The van der Waals surface area contributed by atoms with Gasteiger partial charge in [-0.2, -0.15) is 0 Å². The van der Waals surface area contributed by atoms with Crippen LogP contribution in [-0.4, -0.2) is 58.3 Å². The van der Waals surface area contributed by atoms with Gasteiger partial charge < -0.3 is 24.4 Å². The summed E-state index contributed by atoms with van der Waals surface area (Å²) in [5.74, 6) is 1.45. The normalized spacial score (nSPS) is 15.3. The van der Waals surface area contributed by atoms with Gasteiger partial charge in [-0.1, -0.05) is 0 Å². The number of carbonyl (C=O) groups excluding carboxylic acids is 1. The highest BCUT2D eigenvalue weighted by Crippen LogP contribution is 2.35. The molecule has 0 radical (unpaired) electrons. The van der Waals surface area contributed by atoms with Crippen LogP contribution in [0.4, 0.5) is 0 Å². The van der Waals surface area contributed by atoms with E-state index >= 15 is 0 Å². The number of methoxy groups -OCH3 is 3. The fourth-order valence-corrected chi connectivity index (χ4v) is 2.42. The van der Waals surface area contributed by atoms with E-state index in [1.54, 1.807) is 19.2 Å². The first-order valence-electron chi connectivity index (χ1n) is 7.01. The van der Waals surface area contributed by atoms with E-state index in [0.29, 0.717) is 29.4 Å². The van der Waals surface area contributed by atoms with Crippen LogP contribution < -0.4 is 19.5 Å². The second kappa shape index (κ2) is 7.17. The predicted octanol–water partition coefficient (Wildman–Crippen LogP) is 1.15. The number of nitrogens with one attached hydrogen (secondary N) is 1. The molecule has 1 aliphatic heterocycles. The molecular formula is C15H22N2O4. The number of amides is 1. The molecule has 116 valence electrons. The van der Waals surface area contributed by atoms with Gasteiger partial charge in [0.2, 0.25) is 0 Å². The number of carbonyl (C=O) groups is 1. The van der Waals surface area contributed by atoms with Crippen molar-refractivity contribution in [1.82, 2.24) is 10.2 Å². The van der Waals surface area contributed by atoms with Crippen LogP contribution in [0, 0.1) is 0 Å². The molecule has 1 aromatic carbocycles. The highest BCUT2D eigenvalue weighted by Gasteiger charge is 2.25. The maximum absolute atomic E-state index is 12.8.